The Balaban J connectivity index is 1.80. The summed E-state index contributed by atoms with van der Waals surface area (Å²) in [6, 6.07) is -0.552. The standard InChI is InChI=1S/C13H23N3O3S/c1-20-8-5-10(12(17)18)15-13(19)14-9-4-7-16-6-2-3-11(9)16/h9-11H,2-8H2,1H3,(H,17,18)(H2,14,15,19). The molecule has 0 spiro atoms. The fraction of sp³-hybridized carbons (Fsp3) is 0.846. The molecule has 2 aliphatic heterocycles. The molecule has 2 aliphatic rings. The highest BCUT2D eigenvalue weighted by atomic mass is 32.2. The molecule has 0 aromatic heterocycles. The molecule has 3 unspecified atom stereocenters. The van der Waals surface area contributed by atoms with Gasteiger partial charge in [0.1, 0.15) is 6.04 Å². The molecule has 0 bridgehead atoms. The van der Waals surface area contributed by atoms with Crippen molar-refractivity contribution in [3.63, 3.8) is 0 Å². The van der Waals surface area contributed by atoms with Crippen molar-refractivity contribution in [3.8, 4) is 0 Å². The zero-order chi connectivity index (χ0) is 14.5. The van der Waals surface area contributed by atoms with Gasteiger partial charge in [-0.25, -0.2) is 9.59 Å². The molecule has 114 valence electrons. The van der Waals surface area contributed by atoms with E-state index in [1.54, 1.807) is 11.8 Å². The van der Waals surface area contributed by atoms with Gasteiger partial charge in [0.15, 0.2) is 0 Å². The molecule has 2 saturated heterocycles. The Hall–Kier alpha value is -0.950. The van der Waals surface area contributed by atoms with Crippen LogP contribution in [-0.2, 0) is 4.79 Å². The number of nitrogens with one attached hydrogen (secondary N) is 2. The van der Waals surface area contributed by atoms with Gasteiger partial charge >= 0.3 is 12.0 Å². The Kier molecular flexibility index (Phi) is 5.54. The topological polar surface area (TPSA) is 81.7 Å². The van der Waals surface area contributed by atoms with Gasteiger partial charge in [0.05, 0.1) is 0 Å². The second-order valence-corrected chi connectivity index (χ2v) is 6.42. The van der Waals surface area contributed by atoms with Crippen molar-refractivity contribution in [2.75, 3.05) is 25.1 Å². The lowest BCUT2D eigenvalue weighted by atomic mass is 10.1. The van der Waals surface area contributed by atoms with Gasteiger partial charge in [-0.1, -0.05) is 0 Å². The maximum Gasteiger partial charge on any atom is 0.326 e. The summed E-state index contributed by atoms with van der Waals surface area (Å²) in [4.78, 5) is 25.5. The molecule has 0 saturated carbocycles. The van der Waals surface area contributed by atoms with Gasteiger partial charge in [-0.2, -0.15) is 11.8 Å². The van der Waals surface area contributed by atoms with Crippen LogP contribution in [-0.4, -0.2) is 65.2 Å². The van der Waals surface area contributed by atoms with Gasteiger partial charge in [0, 0.05) is 18.6 Å². The van der Waals surface area contributed by atoms with Gasteiger partial charge in [-0.15, -0.1) is 0 Å². The lowest BCUT2D eigenvalue weighted by Gasteiger charge is -2.22. The van der Waals surface area contributed by atoms with E-state index in [0.29, 0.717) is 12.5 Å². The highest BCUT2D eigenvalue weighted by molar-refractivity contribution is 7.98. The van der Waals surface area contributed by atoms with Crippen LogP contribution >= 0.6 is 11.8 Å². The van der Waals surface area contributed by atoms with E-state index in [2.05, 4.69) is 15.5 Å². The van der Waals surface area contributed by atoms with Crippen LogP contribution in [0, 0.1) is 0 Å². The number of urea groups is 1. The number of amides is 2. The van der Waals surface area contributed by atoms with Gasteiger partial charge in [0.2, 0.25) is 0 Å². The third-order valence-corrected chi connectivity index (χ3v) is 4.78. The normalized spacial score (nSPS) is 27.1. The largest absolute Gasteiger partial charge is 0.480 e. The zero-order valence-corrected chi connectivity index (χ0v) is 12.6. The van der Waals surface area contributed by atoms with E-state index in [-0.39, 0.29) is 12.1 Å². The number of aliphatic carboxylic acids is 1. The Morgan fingerprint density at radius 1 is 1.40 bits per heavy atom. The highest BCUT2D eigenvalue weighted by Crippen LogP contribution is 2.27. The van der Waals surface area contributed by atoms with Crippen molar-refractivity contribution < 1.29 is 14.7 Å². The van der Waals surface area contributed by atoms with Crippen molar-refractivity contribution in [1.29, 1.82) is 0 Å². The summed E-state index contributed by atoms with van der Waals surface area (Å²) in [5, 5.41) is 14.6. The maximum atomic E-state index is 12.0. The smallest absolute Gasteiger partial charge is 0.326 e. The molecule has 2 rings (SSSR count). The molecule has 3 atom stereocenters. The minimum Gasteiger partial charge on any atom is -0.480 e. The first-order valence-electron chi connectivity index (χ1n) is 7.14. The van der Waals surface area contributed by atoms with E-state index in [4.69, 9.17) is 5.11 Å². The average molecular weight is 301 g/mol. The molecule has 3 N–H and O–H groups in total. The van der Waals surface area contributed by atoms with Gasteiger partial charge in [0.25, 0.3) is 0 Å². The molecule has 0 aromatic carbocycles. The number of thioether (sulfide) groups is 1. The molecule has 2 fully saturated rings. The third kappa shape index (κ3) is 3.79. The van der Waals surface area contributed by atoms with Crippen LogP contribution in [0.25, 0.3) is 0 Å². The van der Waals surface area contributed by atoms with Crippen LogP contribution in [0.5, 0.6) is 0 Å². The van der Waals surface area contributed by atoms with E-state index >= 15 is 0 Å². The number of fused-ring (bicyclic) bond motifs is 1. The molecule has 7 heteroatoms. The predicted octanol–water partition coefficient (Wildman–Crippen LogP) is 0.729. The second kappa shape index (κ2) is 7.17. The molecule has 0 aliphatic carbocycles. The number of carboxylic acid groups (broad SMARTS) is 1. The number of hydrogen-bond acceptors (Lipinski definition) is 4. The fourth-order valence-corrected chi connectivity index (χ4v) is 3.58. The van der Waals surface area contributed by atoms with Crippen molar-refractivity contribution in [1.82, 2.24) is 15.5 Å². The number of carbonyl (C=O) groups is 2. The van der Waals surface area contributed by atoms with E-state index < -0.39 is 12.0 Å². The Labute approximate surface area is 123 Å². The Morgan fingerprint density at radius 3 is 2.90 bits per heavy atom. The van der Waals surface area contributed by atoms with E-state index in [0.717, 1.165) is 31.7 Å². The molecule has 2 amide bonds. The number of rotatable bonds is 6. The number of hydrogen-bond donors (Lipinski definition) is 3. The quantitative estimate of drug-likeness (QED) is 0.674. The first-order valence-corrected chi connectivity index (χ1v) is 8.54. The summed E-state index contributed by atoms with van der Waals surface area (Å²) in [5.74, 6) is -0.250. The first kappa shape index (κ1) is 15.4. The molecule has 6 nitrogen and oxygen atoms in total. The van der Waals surface area contributed by atoms with Crippen LogP contribution < -0.4 is 10.6 Å². The maximum absolute atomic E-state index is 12.0. The van der Waals surface area contributed by atoms with Crippen molar-refractivity contribution in [3.05, 3.63) is 0 Å². The van der Waals surface area contributed by atoms with Gasteiger partial charge in [-0.05, 0) is 44.2 Å². The first-order chi connectivity index (χ1) is 9.61. The Bertz CT molecular complexity index is 367. The summed E-state index contributed by atoms with van der Waals surface area (Å²) >= 11 is 1.58. The van der Waals surface area contributed by atoms with E-state index in [1.165, 1.54) is 6.42 Å². The minimum absolute atomic E-state index is 0.160. The van der Waals surface area contributed by atoms with Crippen molar-refractivity contribution in [2.45, 2.75) is 43.8 Å². The lowest BCUT2D eigenvalue weighted by Crippen LogP contribution is -2.51. The number of carboxylic acids is 1. The lowest BCUT2D eigenvalue weighted by molar-refractivity contribution is -0.139. The highest BCUT2D eigenvalue weighted by Gasteiger charge is 2.38. The van der Waals surface area contributed by atoms with Crippen LogP contribution in [0.1, 0.15) is 25.7 Å². The summed E-state index contributed by atoms with van der Waals surface area (Å²) in [7, 11) is 0. The SMILES string of the molecule is CSCCC(NC(=O)NC1CCN2CCCC12)C(=O)O. The predicted molar refractivity (Wildman–Crippen MR) is 79.1 cm³/mol. The van der Waals surface area contributed by atoms with E-state index in [1.807, 2.05) is 6.26 Å². The van der Waals surface area contributed by atoms with Crippen LogP contribution in [0.2, 0.25) is 0 Å². The van der Waals surface area contributed by atoms with Crippen LogP contribution in [0.4, 0.5) is 4.79 Å². The summed E-state index contributed by atoms with van der Waals surface area (Å²) in [5.41, 5.74) is 0. The van der Waals surface area contributed by atoms with Crippen LogP contribution in [0.3, 0.4) is 0 Å². The number of carbonyl (C=O) groups excluding carboxylic acids is 1. The summed E-state index contributed by atoms with van der Waals surface area (Å²) in [6.07, 6.45) is 5.65. The third-order valence-electron chi connectivity index (χ3n) is 4.14. The average Bonchev–Trinajstić information content (AvgIpc) is 2.99. The van der Waals surface area contributed by atoms with Crippen LogP contribution in [0.15, 0.2) is 0 Å². The second-order valence-electron chi connectivity index (χ2n) is 5.43. The van der Waals surface area contributed by atoms with Gasteiger partial charge < -0.3 is 15.7 Å². The summed E-state index contributed by atoms with van der Waals surface area (Å²) in [6.45, 7) is 2.15. The summed E-state index contributed by atoms with van der Waals surface area (Å²) < 4.78 is 0. The molecule has 20 heavy (non-hydrogen) atoms. The zero-order valence-electron chi connectivity index (χ0n) is 11.8. The monoisotopic (exact) mass is 301 g/mol. The molecule has 0 aromatic rings. The molecular weight excluding hydrogens is 278 g/mol. The number of nitrogens with zero attached hydrogens (tertiary/aromatic N) is 1. The Morgan fingerprint density at radius 2 is 2.20 bits per heavy atom. The van der Waals surface area contributed by atoms with Gasteiger partial charge in [-0.3, -0.25) is 4.90 Å². The molecular formula is C13H23N3O3S. The fourth-order valence-electron chi connectivity index (χ4n) is 3.11. The minimum atomic E-state index is -0.969. The van der Waals surface area contributed by atoms with Crippen molar-refractivity contribution >= 4 is 23.8 Å². The van der Waals surface area contributed by atoms with E-state index in [9.17, 15) is 9.59 Å². The molecule has 0 radical (unpaired) electrons. The van der Waals surface area contributed by atoms with Crippen molar-refractivity contribution in [2.24, 2.45) is 0 Å². The molecule has 2 heterocycles.